The Balaban J connectivity index is 2.82. The first kappa shape index (κ1) is 13.2. The van der Waals surface area contributed by atoms with E-state index in [4.69, 9.17) is 10.5 Å². The molecule has 1 aromatic rings. The summed E-state index contributed by atoms with van der Waals surface area (Å²) in [7, 11) is 1.46. The normalized spacial score (nSPS) is 11.9. The van der Waals surface area contributed by atoms with Crippen LogP contribution in [0.15, 0.2) is 12.1 Å². The fourth-order valence-electron chi connectivity index (χ4n) is 1.24. The minimum atomic E-state index is -0.485. The smallest absolute Gasteiger partial charge is 0.311 e. The molecule has 0 bridgehead atoms. The number of nitrogens with one attached hydrogen (secondary N) is 1. The Kier molecular flexibility index (Phi) is 4.65. The molecule has 0 saturated heterocycles. The molecule has 0 aliphatic carbocycles. The van der Waals surface area contributed by atoms with Gasteiger partial charge in [0.25, 0.3) is 0 Å². The first-order chi connectivity index (χ1) is 8.04. The van der Waals surface area contributed by atoms with Crippen molar-refractivity contribution in [2.24, 2.45) is 5.73 Å². The largest absolute Gasteiger partial charge is 0.481 e. The third kappa shape index (κ3) is 3.87. The molecule has 0 aliphatic rings. The molecule has 0 saturated carbocycles. The van der Waals surface area contributed by atoms with Gasteiger partial charge in [-0.05, 0) is 13.3 Å². The van der Waals surface area contributed by atoms with E-state index in [2.05, 4.69) is 10.3 Å². The van der Waals surface area contributed by atoms with Crippen LogP contribution in [0, 0.1) is 10.1 Å². The van der Waals surface area contributed by atoms with Crippen molar-refractivity contribution >= 4 is 11.5 Å². The van der Waals surface area contributed by atoms with Gasteiger partial charge in [0.1, 0.15) is 0 Å². The summed E-state index contributed by atoms with van der Waals surface area (Å²) in [5.74, 6) is 0.536. The van der Waals surface area contributed by atoms with Crippen molar-refractivity contribution < 1.29 is 9.66 Å². The Morgan fingerprint density at radius 2 is 2.35 bits per heavy atom. The minimum Gasteiger partial charge on any atom is -0.481 e. The molecule has 3 N–H and O–H groups in total. The van der Waals surface area contributed by atoms with Crippen molar-refractivity contribution in [3.8, 4) is 5.88 Å². The van der Waals surface area contributed by atoms with Crippen LogP contribution < -0.4 is 15.8 Å². The standard InChI is InChI=1S/C10H16N4O3/c1-7(11)5-6-12-10-8(14(15)16)3-4-9(13-10)17-2/h3-4,7H,5-6,11H2,1-2H3,(H,12,13). The maximum Gasteiger partial charge on any atom is 0.311 e. The highest BCUT2D eigenvalue weighted by molar-refractivity contribution is 5.56. The zero-order chi connectivity index (χ0) is 12.8. The highest BCUT2D eigenvalue weighted by Gasteiger charge is 2.15. The van der Waals surface area contributed by atoms with Crippen LogP contribution in [0.1, 0.15) is 13.3 Å². The number of nitrogens with two attached hydrogens (primary N) is 1. The Morgan fingerprint density at radius 3 is 2.88 bits per heavy atom. The van der Waals surface area contributed by atoms with Gasteiger partial charge in [-0.1, -0.05) is 0 Å². The summed E-state index contributed by atoms with van der Waals surface area (Å²) >= 11 is 0. The molecule has 1 rings (SSSR count). The zero-order valence-electron chi connectivity index (χ0n) is 9.84. The van der Waals surface area contributed by atoms with Crippen LogP contribution in [-0.4, -0.2) is 29.6 Å². The van der Waals surface area contributed by atoms with Gasteiger partial charge in [-0.3, -0.25) is 10.1 Å². The first-order valence-electron chi connectivity index (χ1n) is 5.23. The molecule has 0 spiro atoms. The summed E-state index contributed by atoms with van der Waals surface area (Å²) in [4.78, 5) is 14.3. The molecule has 0 aromatic carbocycles. The van der Waals surface area contributed by atoms with Gasteiger partial charge in [0.05, 0.1) is 12.0 Å². The Labute approximate surface area is 99.1 Å². The van der Waals surface area contributed by atoms with E-state index in [0.717, 1.165) is 0 Å². The summed E-state index contributed by atoms with van der Waals surface area (Å²) < 4.78 is 4.92. The Hall–Kier alpha value is -1.89. The van der Waals surface area contributed by atoms with Gasteiger partial charge in [-0.15, -0.1) is 0 Å². The van der Waals surface area contributed by atoms with Crippen molar-refractivity contribution in [1.82, 2.24) is 4.98 Å². The van der Waals surface area contributed by atoms with Crippen LogP contribution in [0.3, 0.4) is 0 Å². The van der Waals surface area contributed by atoms with Crippen LogP contribution in [0.5, 0.6) is 5.88 Å². The lowest BCUT2D eigenvalue weighted by atomic mass is 10.2. The highest BCUT2D eigenvalue weighted by atomic mass is 16.6. The van der Waals surface area contributed by atoms with Crippen LogP contribution >= 0.6 is 0 Å². The molecule has 7 heteroatoms. The fraction of sp³-hybridized carbons (Fsp3) is 0.500. The van der Waals surface area contributed by atoms with E-state index in [1.54, 1.807) is 0 Å². The molecule has 94 valence electrons. The second kappa shape index (κ2) is 6.00. The number of methoxy groups -OCH3 is 1. The maximum absolute atomic E-state index is 10.8. The van der Waals surface area contributed by atoms with Crippen molar-refractivity contribution in [3.05, 3.63) is 22.2 Å². The Morgan fingerprint density at radius 1 is 1.65 bits per heavy atom. The summed E-state index contributed by atoms with van der Waals surface area (Å²) in [6.45, 7) is 2.40. The van der Waals surface area contributed by atoms with Gasteiger partial charge in [0, 0.05) is 24.7 Å². The molecule has 0 fully saturated rings. The second-order valence-electron chi connectivity index (χ2n) is 3.67. The van der Waals surface area contributed by atoms with Crippen LogP contribution in [-0.2, 0) is 0 Å². The van der Waals surface area contributed by atoms with Crippen molar-refractivity contribution in [1.29, 1.82) is 0 Å². The summed E-state index contributed by atoms with van der Waals surface area (Å²) in [5.41, 5.74) is 5.52. The van der Waals surface area contributed by atoms with Gasteiger partial charge in [-0.2, -0.15) is 4.98 Å². The van der Waals surface area contributed by atoms with E-state index in [0.29, 0.717) is 18.8 Å². The van der Waals surface area contributed by atoms with Crippen molar-refractivity contribution in [2.75, 3.05) is 19.0 Å². The highest BCUT2D eigenvalue weighted by Crippen LogP contribution is 2.24. The molecule has 0 amide bonds. The third-order valence-electron chi connectivity index (χ3n) is 2.15. The average molecular weight is 240 g/mol. The third-order valence-corrected chi connectivity index (χ3v) is 2.15. The van der Waals surface area contributed by atoms with Crippen molar-refractivity contribution in [3.63, 3.8) is 0 Å². The number of pyridine rings is 1. The predicted octanol–water partition coefficient (Wildman–Crippen LogP) is 1.15. The second-order valence-corrected chi connectivity index (χ2v) is 3.67. The SMILES string of the molecule is COc1ccc([N+](=O)[O-])c(NCCC(C)N)n1. The Bertz CT molecular complexity index is 395. The van der Waals surface area contributed by atoms with Crippen molar-refractivity contribution in [2.45, 2.75) is 19.4 Å². The molecule has 7 nitrogen and oxygen atoms in total. The number of nitro groups is 1. The summed E-state index contributed by atoms with van der Waals surface area (Å²) in [5, 5.41) is 13.7. The van der Waals surface area contributed by atoms with Gasteiger partial charge >= 0.3 is 5.69 Å². The molecule has 1 aromatic heterocycles. The van der Waals surface area contributed by atoms with Crippen LogP contribution in [0.25, 0.3) is 0 Å². The molecule has 1 unspecified atom stereocenters. The molecular weight excluding hydrogens is 224 g/mol. The van der Waals surface area contributed by atoms with E-state index in [-0.39, 0.29) is 17.5 Å². The first-order valence-corrected chi connectivity index (χ1v) is 5.23. The van der Waals surface area contributed by atoms with Gasteiger partial charge < -0.3 is 15.8 Å². The van der Waals surface area contributed by atoms with E-state index < -0.39 is 4.92 Å². The number of hydrogen-bond acceptors (Lipinski definition) is 6. The monoisotopic (exact) mass is 240 g/mol. The predicted molar refractivity (Wildman–Crippen MR) is 64.2 cm³/mol. The summed E-state index contributed by atoms with van der Waals surface area (Å²) in [6.07, 6.45) is 0.704. The van der Waals surface area contributed by atoms with Crippen LogP contribution in [0.2, 0.25) is 0 Å². The molecule has 1 heterocycles. The van der Waals surface area contributed by atoms with Crippen LogP contribution in [0.4, 0.5) is 11.5 Å². The lowest BCUT2D eigenvalue weighted by molar-refractivity contribution is -0.384. The lowest BCUT2D eigenvalue weighted by Crippen LogP contribution is -2.19. The molecule has 17 heavy (non-hydrogen) atoms. The van der Waals surface area contributed by atoms with Gasteiger partial charge in [-0.25, -0.2) is 0 Å². The maximum atomic E-state index is 10.8. The number of aromatic nitrogens is 1. The van der Waals surface area contributed by atoms with E-state index in [1.807, 2.05) is 6.92 Å². The van der Waals surface area contributed by atoms with Gasteiger partial charge in [0.2, 0.25) is 11.7 Å². The average Bonchev–Trinajstić information content (AvgIpc) is 2.28. The molecule has 0 radical (unpaired) electrons. The van der Waals surface area contributed by atoms with Gasteiger partial charge in [0.15, 0.2) is 0 Å². The lowest BCUT2D eigenvalue weighted by Gasteiger charge is -2.09. The van der Waals surface area contributed by atoms with E-state index >= 15 is 0 Å². The topological polar surface area (TPSA) is 103 Å². The zero-order valence-corrected chi connectivity index (χ0v) is 9.84. The molecule has 0 aliphatic heterocycles. The number of anilines is 1. The number of hydrogen-bond donors (Lipinski definition) is 2. The molecular formula is C10H16N4O3. The summed E-state index contributed by atoms with van der Waals surface area (Å²) in [6, 6.07) is 2.85. The fourth-order valence-corrected chi connectivity index (χ4v) is 1.24. The molecule has 1 atom stereocenters. The quantitative estimate of drug-likeness (QED) is 0.571. The number of ether oxygens (including phenoxy) is 1. The van der Waals surface area contributed by atoms with E-state index in [1.165, 1.54) is 19.2 Å². The number of rotatable bonds is 6. The van der Waals surface area contributed by atoms with E-state index in [9.17, 15) is 10.1 Å². The minimum absolute atomic E-state index is 0.0344. The number of nitrogens with zero attached hydrogens (tertiary/aromatic N) is 2.